The number of hydrogen-bond donors (Lipinski definition) is 0. The molecule has 1 heterocycles. The molecule has 0 bridgehead atoms. The molecule has 1 aliphatic carbocycles. The maximum Gasteiger partial charge on any atom is 0.165 e. The second-order valence-corrected chi connectivity index (χ2v) is 6.23. The summed E-state index contributed by atoms with van der Waals surface area (Å²) in [5.41, 5.74) is 1.75. The molecule has 4 heteroatoms. The van der Waals surface area contributed by atoms with E-state index in [9.17, 15) is 4.39 Å². The van der Waals surface area contributed by atoms with Crippen molar-refractivity contribution in [3.8, 4) is 17.1 Å². The van der Waals surface area contributed by atoms with Crippen molar-refractivity contribution in [1.29, 1.82) is 0 Å². The van der Waals surface area contributed by atoms with Crippen LogP contribution in [0.2, 0.25) is 0 Å². The molecule has 122 valence electrons. The van der Waals surface area contributed by atoms with Crippen molar-refractivity contribution in [3.63, 3.8) is 0 Å². The van der Waals surface area contributed by atoms with Gasteiger partial charge in [0.1, 0.15) is 0 Å². The lowest BCUT2D eigenvalue weighted by molar-refractivity contribution is 0.202. The summed E-state index contributed by atoms with van der Waals surface area (Å²) in [6.45, 7) is 2.66. The van der Waals surface area contributed by atoms with Crippen molar-refractivity contribution in [1.82, 2.24) is 9.97 Å². The zero-order chi connectivity index (χ0) is 16.1. The Morgan fingerprint density at radius 2 is 1.87 bits per heavy atom. The van der Waals surface area contributed by atoms with Gasteiger partial charge in [-0.15, -0.1) is 0 Å². The van der Waals surface area contributed by atoms with E-state index in [2.05, 4.69) is 16.9 Å². The Morgan fingerprint density at radius 1 is 1.13 bits per heavy atom. The van der Waals surface area contributed by atoms with Gasteiger partial charge in [-0.2, -0.15) is 0 Å². The van der Waals surface area contributed by atoms with E-state index in [0.29, 0.717) is 29.7 Å². The lowest BCUT2D eigenvalue weighted by Crippen LogP contribution is -2.15. The quantitative estimate of drug-likeness (QED) is 0.795. The van der Waals surface area contributed by atoms with E-state index in [1.165, 1.54) is 38.2 Å². The number of ether oxygens (including phenoxy) is 1. The Labute approximate surface area is 136 Å². The van der Waals surface area contributed by atoms with Crippen molar-refractivity contribution < 1.29 is 9.13 Å². The van der Waals surface area contributed by atoms with Crippen molar-refractivity contribution >= 4 is 0 Å². The number of rotatable bonds is 5. The van der Waals surface area contributed by atoms with Gasteiger partial charge in [0.2, 0.25) is 0 Å². The third-order valence-corrected chi connectivity index (χ3v) is 4.50. The summed E-state index contributed by atoms with van der Waals surface area (Å²) >= 11 is 0. The average Bonchev–Trinajstić information content (AvgIpc) is 2.61. The fourth-order valence-electron chi connectivity index (χ4n) is 3.00. The highest BCUT2D eigenvalue weighted by molar-refractivity contribution is 5.56. The molecule has 1 aromatic heterocycles. The van der Waals surface area contributed by atoms with Crippen molar-refractivity contribution in [2.24, 2.45) is 5.92 Å². The Bertz CT molecular complexity index is 636. The van der Waals surface area contributed by atoms with Crippen LogP contribution in [-0.4, -0.2) is 16.6 Å². The lowest BCUT2D eigenvalue weighted by Gasteiger charge is -2.21. The number of nitrogens with zero attached hydrogens (tertiary/aromatic N) is 2. The minimum absolute atomic E-state index is 0.324. The van der Waals surface area contributed by atoms with E-state index in [1.54, 1.807) is 18.5 Å². The van der Waals surface area contributed by atoms with Gasteiger partial charge in [0, 0.05) is 18.0 Å². The molecule has 0 aliphatic heterocycles. The number of aryl methyl sites for hydroxylation is 1. The van der Waals surface area contributed by atoms with E-state index >= 15 is 0 Å². The van der Waals surface area contributed by atoms with Gasteiger partial charge in [-0.3, -0.25) is 0 Å². The molecule has 0 saturated heterocycles. The van der Waals surface area contributed by atoms with Gasteiger partial charge in [0.15, 0.2) is 17.4 Å². The maximum atomic E-state index is 14.3. The second-order valence-electron chi connectivity index (χ2n) is 6.23. The predicted octanol–water partition coefficient (Wildman–Crippen LogP) is 4.80. The second kappa shape index (κ2) is 7.53. The van der Waals surface area contributed by atoms with Crippen LogP contribution in [0.4, 0.5) is 4.39 Å². The van der Waals surface area contributed by atoms with E-state index in [0.717, 1.165) is 12.0 Å². The highest BCUT2D eigenvalue weighted by Crippen LogP contribution is 2.27. The van der Waals surface area contributed by atoms with Crippen LogP contribution in [0.25, 0.3) is 11.4 Å². The average molecular weight is 314 g/mol. The molecule has 0 amide bonds. The third-order valence-electron chi connectivity index (χ3n) is 4.50. The molecule has 3 nitrogen and oxygen atoms in total. The molecular formula is C19H23FN2O. The standard InChI is InChI=1S/C19H23FN2O/c1-2-14-11-21-19(22-12-14)16-8-9-18(17(20)10-16)23-13-15-6-4-3-5-7-15/h8-12,15H,2-7,13H2,1H3. The fraction of sp³-hybridized carbons (Fsp3) is 0.474. The molecule has 0 N–H and O–H groups in total. The Morgan fingerprint density at radius 3 is 2.52 bits per heavy atom. The molecule has 0 spiro atoms. The maximum absolute atomic E-state index is 14.3. The predicted molar refractivity (Wildman–Crippen MR) is 88.9 cm³/mol. The number of aromatic nitrogens is 2. The molecule has 0 unspecified atom stereocenters. The summed E-state index contributed by atoms with van der Waals surface area (Å²) in [6, 6.07) is 4.96. The van der Waals surface area contributed by atoms with Gasteiger partial charge < -0.3 is 4.74 Å². The van der Waals surface area contributed by atoms with Crippen molar-refractivity contribution in [3.05, 3.63) is 42.0 Å². The first kappa shape index (κ1) is 15.9. The zero-order valence-corrected chi connectivity index (χ0v) is 13.6. The minimum Gasteiger partial charge on any atom is -0.490 e. The number of hydrogen-bond acceptors (Lipinski definition) is 3. The van der Waals surface area contributed by atoms with Crippen LogP contribution in [0.5, 0.6) is 5.75 Å². The smallest absolute Gasteiger partial charge is 0.165 e. The molecule has 23 heavy (non-hydrogen) atoms. The van der Waals surface area contributed by atoms with Gasteiger partial charge in [0.05, 0.1) is 6.61 Å². The summed E-state index contributed by atoms with van der Waals surface area (Å²) in [4.78, 5) is 8.58. The van der Waals surface area contributed by atoms with Crippen LogP contribution < -0.4 is 4.74 Å². The lowest BCUT2D eigenvalue weighted by atomic mass is 9.90. The third kappa shape index (κ3) is 4.06. The van der Waals surface area contributed by atoms with Gasteiger partial charge >= 0.3 is 0 Å². The molecule has 1 aromatic carbocycles. The van der Waals surface area contributed by atoms with Gasteiger partial charge in [-0.1, -0.05) is 26.2 Å². The largest absolute Gasteiger partial charge is 0.490 e. The molecule has 0 radical (unpaired) electrons. The van der Waals surface area contributed by atoms with E-state index < -0.39 is 0 Å². The van der Waals surface area contributed by atoms with Crippen molar-refractivity contribution in [2.45, 2.75) is 45.4 Å². The fourth-order valence-corrected chi connectivity index (χ4v) is 3.00. The van der Waals surface area contributed by atoms with Crippen LogP contribution in [0.3, 0.4) is 0 Å². The van der Waals surface area contributed by atoms with E-state index in [4.69, 9.17) is 4.74 Å². The van der Waals surface area contributed by atoms with Gasteiger partial charge in [-0.25, -0.2) is 14.4 Å². The van der Waals surface area contributed by atoms with Crippen LogP contribution in [0.15, 0.2) is 30.6 Å². The summed E-state index contributed by atoms with van der Waals surface area (Å²) in [5, 5.41) is 0. The van der Waals surface area contributed by atoms with E-state index in [1.807, 2.05) is 6.07 Å². The molecule has 3 rings (SSSR count). The normalized spacial score (nSPS) is 15.6. The molecular weight excluding hydrogens is 291 g/mol. The van der Waals surface area contributed by atoms with Gasteiger partial charge in [0.25, 0.3) is 0 Å². The highest BCUT2D eigenvalue weighted by atomic mass is 19.1. The SMILES string of the molecule is CCc1cnc(-c2ccc(OCC3CCCCC3)c(F)c2)nc1. The summed E-state index contributed by atoms with van der Waals surface area (Å²) in [6.07, 6.45) is 10.7. The number of halogens is 1. The van der Waals surface area contributed by atoms with Crippen LogP contribution in [0, 0.1) is 11.7 Å². The minimum atomic E-state index is -0.346. The molecule has 1 aliphatic rings. The first-order valence-electron chi connectivity index (χ1n) is 8.50. The monoisotopic (exact) mass is 314 g/mol. The van der Waals surface area contributed by atoms with E-state index in [-0.39, 0.29) is 5.82 Å². The molecule has 1 saturated carbocycles. The first-order chi connectivity index (χ1) is 11.3. The molecule has 2 aromatic rings. The molecule has 0 atom stereocenters. The topological polar surface area (TPSA) is 35.0 Å². The van der Waals surface area contributed by atoms with Crippen LogP contribution in [0.1, 0.15) is 44.6 Å². The zero-order valence-electron chi connectivity index (χ0n) is 13.6. The Hall–Kier alpha value is -1.97. The van der Waals surface area contributed by atoms with Crippen LogP contribution in [-0.2, 0) is 6.42 Å². The summed E-state index contributed by atoms with van der Waals surface area (Å²) in [7, 11) is 0. The number of benzene rings is 1. The highest BCUT2D eigenvalue weighted by Gasteiger charge is 2.15. The molecule has 1 fully saturated rings. The summed E-state index contributed by atoms with van der Waals surface area (Å²) in [5.74, 6) is 1.08. The van der Waals surface area contributed by atoms with Gasteiger partial charge in [-0.05, 0) is 48.9 Å². The Balaban J connectivity index is 1.67. The van der Waals surface area contributed by atoms with Crippen molar-refractivity contribution in [2.75, 3.05) is 6.61 Å². The Kier molecular flexibility index (Phi) is 5.21. The van der Waals surface area contributed by atoms with Crippen LogP contribution >= 0.6 is 0 Å². The summed E-state index contributed by atoms with van der Waals surface area (Å²) < 4.78 is 19.9. The first-order valence-corrected chi connectivity index (χ1v) is 8.50.